The summed E-state index contributed by atoms with van der Waals surface area (Å²) in [5.41, 5.74) is 0.173. The predicted octanol–water partition coefficient (Wildman–Crippen LogP) is 1.84. The lowest BCUT2D eigenvalue weighted by molar-refractivity contribution is 0.226. The van der Waals surface area contributed by atoms with E-state index in [1.165, 1.54) is 19.1 Å². The third-order valence-corrected chi connectivity index (χ3v) is 4.27. The molecule has 1 unspecified atom stereocenters. The van der Waals surface area contributed by atoms with Gasteiger partial charge in [0.25, 0.3) is 0 Å². The summed E-state index contributed by atoms with van der Waals surface area (Å²) in [6, 6.07) is 0.697. The SMILES string of the molecule is CC(C)(C)C(CCS(C)(=O)=O)CNC1CC1. The van der Waals surface area contributed by atoms with Gasteiger partial charge in [-0.25, -0.2) is 8.42 Å². The fraction of sp³-hybridized carbons (Fsp3) is 1.00. The van der Waals surface area contributed by atoms with Gasteiger partial charge in [-0.1, -0.05) is 20.8 Å². The molecule has 1 fully saturated rings. The second-order valence-corrected chi connectivity index (χ2v) is 8.42. The van der Waals surface area contributed by atoms with Gasteiger partial charge in [-0.15, -0.1) is 0 Å². The standard InChI is InChI=1S/C12H25NO2S/c1-12(2,3)10(7-8-16(4,14)15)9-13-11-5-6-11/h10-11,13H,5-9H2,1-4H3. The number of sulfone groups is 1. The Morgan fingerprint density at radius 2 is 1.88 bits per heavy atom. The molecule has 1 aliphatic rings. The predicted molar refractivity (Wildman–Crippen MR) is 68.3 cm³/mol. The number of nitrogens with one attached hydrogen (secondary N) is 1. The van der Waals surface area contributed by atoms with Gasteiger partial charge in [-0.3, -0.25) is 0 Å². The van der Waals surface area contributed by atoms with Crippen LogP contribution in [0, 0.1) is 11.3 Å². The summed E-state index contributed by atoms with van der Waals surface area (Å²) in [6.45, 7) is 7.52. The van der Waals surface area contributed by atoms with Crippen molar-refractivity contribution in [2.75, 3.05) is 18.6 Å². The quantitative estimate of drug-likeness (QED) is 0.779. The Balaban J connectivity index is 2.42. The normalized spacial score (nSPS) is 19.8. The molecule has 1 N–H and O–H groups in total. The number of hydrogen-bond donors (Lipinski definition) is 1. The molecular weight excluding hydrogens is 222 g/mol. The van der Waals surface area contributed by atoms with E-state index in [2.05, 4.69) is 26.1 Å². The first-order valence-electron chi connectivity index (χ1n) is 6.09. The molecule has 1 saturated carbocycles. The average molecular weight is 247 g/mol. The maximum atomic E-state index is 11.2. The fourth-order valence-electron chi connectivity index (χ4n) is 1.79. The minimum Gasteiger partial charge on any atom is -0.314 e. The third kappa shape index (κ3) is 5.85. The molecule has 0 aromatic heterocycles. The van der Waals surface area contributed by atoms with Crippen LogP contribution in [0.3, 0.4) is 0 Å². The van der Waals surface area contributed by atoms with Gasteiger partial charge in [0.2, 0.25) is 0 Å². The second-order valence-electron chi connectivity index (χ2n) is 6.16. The first-order chi connectivity index (χ1) is 7.18. The fourth-order valence-corrected chi connectivity index (χ4v) is 2.51. The zero-order valence-electron chi connectivity index (χ0n) is 10.9. The summed E-state index contributed by atoms with van der Waals surface area (Å²) in [5.74, 6) is 0.740. The Kier molecular flexibility index (Phi) is 4.41. The zero-order chi connectivity index (χ0) is 12.4. The Labute approximate surface area is 99.9 Å². The van der Waals surface area contributed by atoms with Crippen molar-refractivity contribution in [3.8, 4) is 0 Å². The van der Waals surface area contributed by atoms with Crippen molar-refractivity contribution in [2.45, 2.75) is 46.1 Å². The molecule has 1 aliphatic carbocycles. The summed E-state index contributed by atoms with van der Waals surface area (Å²) >= 11 is 0. The molecule has 3 nitrogen and oxygen atoms in total. The lowest BCUT2D eigenvalue weighted by Gasteiger charge is -2.31. The van der Waals surface area contributed by atoms with E-state index >= 15 is 0 Å². The lowest BCUT2D eigenvalue weighted by atomic mass is 9.79. The molecule has 96 valence electrons. The van der Waals surface area contributed by atoms with Crippen LogP contribution in [0.4, 0.5) is 0 Å². The van der Waals surface area contributed by atoms with Crippen LogP contribution in [-0.4, -0.2) is 33.0 Å². The first-order valence-corrected chi connectivity index (χ1v) is 8.15. The van der Waals surface area contributed by atoms with E-state index in [-0.39, 0.29) is 5.41 Å². The first kappa shape index (κ1) is 14.0. The number of hydrogen-bond acceptors (Lipinski definition) is 3. The summed E-state index contributed by atoms with van der Waals surface area (Å²) in [6.07, 6.45) is 4.65. The summed E-state index contributed by atoms with van der Waals surface area (Å²) in [7, 11) is -2.83. The second kappa shape index (κ2) is 5.05. The van der Waals surface area contributed by atoms with E-state index in [0.717, 1.165) is 13.0 Å². The van der Waals surface area contributed by atoms with E-state index in [1.54, 1.807) is 0 Å². The lowest BCUT2D eigenvalue weighted by Crippen LogP contribution is -2.34. The topological polar surface area (TPSA) is 46.2 Å². The highest BCUT2D eigenvalue weighted by atomic mass is 32.2. The molecule has 0 spiro atoms. The summed E-state index contributed by atoms with van der Waals surface area (Å²) < 4.78 is 22.4. The van der Waals surface area contributed by atoms with Crippen LogP contribution < -0.4 is 5.32 Å². The van der Waals surface area contributed by atoms with Crippen LogP contribution in [0.2, 0.25) is 0 Å². The Hall–Kier alpha value is -0.0900. The molecule has 16 heavy (non-hydrogen) atoms. The Morgan fingerprint density at radius 1 is 1.31 bits per heavy atom. The minimum atomic E-state index is -2.83. The van der Waals surface area contributed by atoms with E-state index < -0.39 is 9.84 Å². The molecule has 1 rings (SSSR count). The van der Waals surface area contributed by atoms with Gasteiger partial charge in [0.15, 0.2) is 0 Å². The van der Waals surface area contributed by atoms with Gasteiger partial charge in [-0.2, -0.15) is 0 Å². The maximum Gasteiger partial charge on any atom is 0.147 e. The highest BCUT2D eigenvalue weighted by molar-refractivity contribution is 7.90. The minimum absolute atomic E-state index is 0.173. The van der Waals surface area contributed by atoms with Gasteiger partial charge in [0, 0.05) is 12.3 Å². The monoisotopic (exact) mass is 247 g/mol. The Morgan fingerprint density at radius 3 is 2.25 bits per heavy atom. The van der Waals surface area contributed by atoms with E-state index in [1.807, 2.05) is 0 Å². The molecule has 0 aromatic rings. The van der Waals surface area contributed by atoms with E-state index in [0.29, 0.717) is 17.7 Å². The highest BCUT2D eigenvalue weighted by Gasteiger charge is 2.28. The van der Waals surface area contributed by atoms with Crippen LogP contribution in [0.15, 0.2) is 0 Å². The average Bonchev–Trinajstić information content (AvgIpc) is 2.82. The molecule has 0 aromatic carbocycles. The third-order valence-electron chi connectivity index (χ3n) is 3.29. The number of rotatable bonds is 6. The largest absolute Gasteiger partial charge is 0.314 e. The van der Waals surface area contributed by atoms with Crippen molar-refractivity contribution in [1.82, 2.24) is 5.32 Å². The van der Waals surface area contributed by atoms with Crippen LogP contribution in [-0.2, 0) is 9.84 Å². The van der Waals surface area contributed by atoms with Crippen molar-refractivity contribution >= 4 is 9.84 Å². The molecule has 0 radical (unpaired) electrons. The maximum absolute atomic E-state index is 11.2. The summed E-state index contributed by atoms with van der Waals surface area (Å²) in [4.78, 5) is 0. The molecule has 1 atom stereocenters. The summed E-state index contributed by atoms with van der Waals surface area (Å²) in [5, 5.41) is 3.50. The van der Waals surface area contributed by atoms with Gasteiger partial charge in [-0.05, 0) is 37.1 Å². The van der Waals surface area contributed by atoms with Crippen LogP contribution in [0.1, 0.15) is 40.0 Å². The zero-order valence-corrected chi connectivity index (χ0v) is 11.7. The van der Waals surface area contributed by atoms with Crippen LogP contribution in [0.5, 0.6) is 0 Å². The van der Waals surface area contributed by atoms with Gasteiger partial charge < -0.3 is 5.32 Å². The molecule has 0 bridgehead atoms. The van der Waals surface area contributed by atoms with Gasteiger partial charge in [0.1, 0.15) is 9.84 Å². The van der Waals surface area contributed by atoms with Gasteiger partial charge >= 0.3 is 0 Å². The molecule has 0 amide bonds. The van der Waals surface area contributed by atoms with Crippen molar-refractivity contribution < 1.29 is 8.42 Å². The van der Waals surface area contributed by atoms with E-state index in [9.17, 15) is 8.42 Å². The molecule has 0 heterocycles. The Bertz CT molecular complexity index is 312. The highest BCUT2D eigenvalue weighted by Crippen LogP contribution is 2.29. The van der Waals surface area contributed by atoms with Crippen molar-refractivity contribution in [3.05, 3.63) is 0 Å². The van der Waals surface area contributed by atoms with Gasteiger partial charge in [0.05, 0.1) is 5.75 Å². The van der Waals surface area contributed by atoms with Crippen LogP contribution in [0.25, 0.3) is 0 Å². The van der Waals surface area contributed by atoms with Crippen molar-refractivity contribution in [1.29, 1.82) is 0 Å². The molecule has 0 aliphatic heterocycles. The van der Waals surface area contributed by atoms with Crippen molar-refractivity contribution in [2.24, 2.45) is 11.3 Å². The van der Waals surface area contributed by atoms with Crippen LogP contribution >= 0.6 is 0 Å². The molecule has 4 heteroatoms. The smallest absolute Gasteiger partial charge is 0.147 e. The van der Waals surface area contributed by atoms with E-state index in [4.69, 9.17) is 0 Å². The molecular formula is C12H25NO2S. The van der Waals surface area contributed by atoms with Crippen molar-refractivity contribution in [3.63, 3.8) is 0 Å². The molecule has 0 saturated heterocycles.